The van der Waals surface area contributed by atoms with E-state index >= 15 is 0 Å². The van der Waals surface area contributed by atoms with Crippen LogP contribution in [0.5, 0.6) is 0 Å². The molecule has 0 saturated heterocycles. The van der Waals surface area contributed by atoms with Crippen LogP contribution in [0, 0.1) is 5.92 Å². The highest BCUT2D eigenvalue weighted by Gasteiger charge is 2.07. The van der Waals surface area contributed by atoms with Crippen LogP contribution in [0.1, 0.15) is 44.6 Å². The lowest BCUT2D eigenvalue weighted by Gasteiger charge is -2.15. The van der Waals surface area contributed by atoms with Crippen LogP contribution in [0.15, 0.2) is 43.0 Å². The van der Waals surface area contributed by atoms with Crippen LogP contribution in [0.3, 0.4) is 0 Å². The summed E-state index contributed by atoms with van der Waals surface area (Å²) in [6, 6.07) is 10.9. The summed E-state index contributed by atoms with van der Waals surface area (Å²) in [4.78, 5) is 0. The first-order valence-electron chi connectivity index (χ1n) is 6.51. The maximum atomic E-state index is 3.79. The van der Waals surface area contributed by atoms with Crippen LogP contribution in [0.25, 0.3) is 0 Å². The number of hydrogen-bond acceptors (Lipinski definition) is 0. The van der Waals surface area contributed by atoms with Crippen molar-refractivity contribution >= 4 is 0 Å². The molecule has 0 bridgehead atoms. The van der Waals surface area contributed by atoms with Gasteiger partial charge in [-0.1, -0.05) is 56.2 Å². The van der Waals surface area contributed by atoms with Gasteiger partial charge in [-0.25, -0.2) is 0 Å². The monoisotopic (exact) mass is 216 g/mol. The Kier molecular flexibility index (Phi) is 6.64. The topological polar surface area (TPSA) is 0 Å². The molecule has 0 aromatic heterocycles. The van der Waals surface area contributed by atoms with E-state index in [2.05, 4.69) is 43.8 Å². The fourth-order valence-corrected chi connectivity index (χ4v) is 2.26. The third-order valence-corrected chi connectivity index (χ3v) is 3.08. The number of allylic oxidation sites excluding steroid dienone is 1. The molecule has 0 heteroatoms. The summed E-state index contributed by atoms with van der Waals surface area (Å²) >= 11 is 0. The van der Waals surface area contributed by atoms with E-state index in [4.69, 9.17) is 0 Å². The molecule has 1 atom stereocenters. The van der Waals surface area contributed by atoms with Gasteiger partial charge in [-0.2, -0.15) is 0 Å². The van der Waals surface area contributed by atoms with Gasteiger partial charge < -0.3 is 0 Å². The minimum Gasteiger partial charge on any atom is -0.103 e. The van der Waals surface area contributed by atoms with Crippen molar-refractivity contribution in [2.45, 2.75) is 45.4 Å². The van der Waals surface area contributed by atoms with Crippen LogP contribution in [0.2, 0.25) is 0 Å². The molecule has 0 amide bonds. The molecule has 1 aromatic carbocycles. The average Bonchev–Trinajstić information content (AvgIpc) is 2.31. The molecule has 0 aliphatic carbocycles. The molecular weight excluding hydrogens is 192 g/mol. The van der Waals surface area contributed by atoms with Crippen LogP contribution < -0.4 is 0 Å². The van der Waals surface area contributed by atoms with Gasteiger partial charge in [0.2, 0.25) is 0 Å². The Morgan fingerprint density at radius 3 is 2.56 bits per heavy atom. The van der Waals surface area contributed by atoms with Gasteiger partial charge in [-0.15, -0.1) is 6.58 Å². The molecule has 1 unspecified atom stereocenters. The van der Waals surface area contributed by atoms with Crippen molar-refractivity contribution < 1.29 is 0 Å². The lowest BCUT2D eigenvalue weighted by molar-refractivity contribution is 0.431. The molecule has 0 nitrogen and oxygen atoms in total. The van der Waals surface area contributed by atoms with Gasteiger partial charge in [0.05, 0.1) is 0 Å². The average molecular weight is 216 g/mol. The van der Waals surface area contributed by atoms with E-state index in [1.54, 1.807) is 0 Å². The molecule has 0 radical (unpaired) electrons. The van der Waals surface area contributed by atoms with Crippen molar-refractivity contribution in [3.05, 3.63) is 48.6 Å². The van der Waals surface area contributed by atoms with Crippen molar-refractivity contribution in [2.75, 3.05) is 0 Å². The normalized spacial score (nSPS) is 12.3. The summed E-state index contributed by atoms with van der Waals surface area (Å²) in [5.41, 5.74) is 1.49. The Hall–Kier alpha value is -1.04. The van der Waals surface area contributed by atoms with Crippen LogP contribution in [-0.2, 0) is 6.42 Å². The van der Waals surface area contributed by atoms with Gasteiger partial charge in [0.25, 0.3) is 0 Å². The summed E-state index contributed by atoms with van der Waals surface area (Å²) in [5.74, 6) is 0.854. The molecule has 0 aliphatic heterocycles. The maximum Gasteiger partial charge on any atom is -0.0250 e. The zero-order chi connectivity index (χ0) is 11.6. The highest BCUT2D eigenvalue weighted by Crippen LogP contribution is 2.20. The highest BCUT2D eigenvalue weighted by molar-refractivity contribution is 5.15. The second-order valence-electron chi connectivity index (χ2n) is 4.56. The summed E-state index contributed by atoms with van der Waals surface area (Å²) in [7, 11) is 0. The number of hydrogen-bond donors (Lipinski definition) is 0. The van der Waals surface area contributed by atoms with E-state index in [1.165, 1.54) is 37.7 Å². The fraction of sp³-hybridized carbons (Fsp3) is 0.500. The zero-order valence-corrected chi connectivity index (χ0v) is 10.5. The van der Waals surface area contributed by atoms with Gasteiger partial charge in [0.15, 0.2) is 0 Å². The van der Waals surface area contributed by atoms with Crippen molar-refractivity contribution in [1.29, 1.82) is 0 Å². The Bertz CT molecular complexity index is 273. The van der Waals surface area contributed by atoms with Crippen molar-refractivity contribution in [3.8, 4) is 0 Å². The third kappa shape index (κ3) is 5.16. The number of unbranched alkanes of at least 4 members (excludes halogenated alkanes) is 1. The molecule has 1 aromatic rings. The molecule has 0 N–H and O–H groups in total. The summed E-state index contributed by atoms with van der Waals surface area (Å²) in [6.07, 6.45) is 9.72. The SMILES string of the molecule is C=CCCCC(CCC)Cc1ccccc1. The second-order valence-corrected chi connectivity index (χ2v) is 4.56. The van der Waals surface area contributed by atoms with Crippen LogP contribution in [0.4, 0.5) is 0 Å². The molecule has 16 heavy (non-hydrogen) atoms. The van der Waals surface area contributed by atoms with Crippen molar-refractivity contribution in [2.24, 2.45) is 5.92 Å². The first-order chi connectivity index (χ1) is 7.86. The van der Waals surface area contributed by atoms with Gasteiger partial charge in [0, 0.05) is 0 Å². The molecule has 0 saturated carbocycles. The molecule has 1 rings (SSSR count). The Morgan fingerprint density at radius 2 is 1.94 bits per heavy atom. The zero-order valence-electron chi connectivity index (χ0n) is 10.5. The minimum absolute atomic E-state index is 0.854. The molecule has 0 heterocycles. The van der Waals surface area contributed by atoms with Crippen LogP contribution in [-0.4, -0.2) is 0 Å². The van der Waals surface area contributed by atoms with Crippen molar-refractivity contribution in [1.82, 2.24) is 0 Å². The smallest absolute Gasteiger partial charge is 0.0250 e. The molecule has 0 fully saturated rings. The number of benzene rings is 1. The van der Waals surface area contributed by atoms with E-state index in [1.807, 2.05) is 6.08 Å². The van der Waals surface area contributed by atoms with Gasteiger partial charge in [-0.3, -0.25) is 0 Å². The Balaban J connectivity index is 2.40. The summed E-state index contributed by atoms with van der Waals surface area (Å²) < 4.78 is 0. The summed E-state index contributed by atoms with van der Waals surface area (Å²) in [5, 5.41) is 0. The van der Waals surface area contributed by atoms with E-state index in [-0.39, 0.29) is 0 Å². The fourth-order valence-electron chi connectivity index (χ4n) is 2.26. The maximum absolute atomic E-state index is 3.79. The predicted octanol–water partition coefficient (Wildman–Crippen LogP) is 5.00. The van der Waals surface area contributed by atoms with Crippen molar-refractivity contribution in [3.63, 3.8) is 0 Å². The lowest BCUT2D eigenvalue weighted by Crippen LogP contribution is -2.04. The van der Waals surface area contributed by atoms with Crippen LogP contribution >= 0.6 is 0 Å². The molecule has 0 spiro atoms. The third-order valence-electron chi connectivity index (χ3n) is 3.08. The van der Waals surface area contributed by atoms with Gasteiger partial charge in [0.1, 0.15) is 0 Å². The molecule has 0 aliphatic rings. The lowest BCUT2D eigenvalue weighted by atomic mass is 9.90. The number of rotatable bonds is 8. The minimum atomic E-state index is 0.854. The quantitative estimate of drug-likeness (QED) is 0.423. The van der Waals surface area contributed by atoms with Gasteiger partial charge >= 0.3 is 0 Å². The van der Waals surface area contributed by atoms with E-state index in [0.29, 0.717) is 0 Å². The Morgan fingerprint density at radius 1 is 1.19 bits per heavy atom. The van der Waals surface area contributed by atoms with E-state index < -0.39 is 0 Å². The van der Waals surface area contributed by atoms with E-state index in [0.717, 1.165) is 12.3 Å². The summed E-state index contributed by atoms with van der Waals surface area (Å²) in [6.45, 7) is 6.07. The predicted molar refractivity (Wildman–Crippen MR) is 72.6 cm³/mol. The first kappa shape index (κ1) is 13.0. The first-order valence-corrected chi connectivity index (χ1v) is 6.51. The van der Waals surface area contributed by atoms with Gasteiger partial charge in [-0.05, 0) is 37.2 Å². The van der Waals surface area contributed by atoms with E-state index in [9.17, 15) is 0 Å². The molecule has 88 valence electrons. The Labute approximate surface area is 100 Å². The largest absolute Gasteiger partial charge is 0.103 e. The highest BCUT2D eigenvalue weighted by atomic mass is 14.1. The second kappa shape index (κ2) is 8.15. The standard InChI is InChI=1S/C16H24/c1-3-5-7-11-15(10-4-2)14-16-12-8-6-9-13-16/h3,6,8-9,12-13,15H,1,4-5,7,10-11,14H2,2H3. The molecular formula is C16H24.